The number of rotatable bonds is 4. The molecule has 2 nitrogen and oxygen atoms in total. The van der Waals surface area contributed by atoms with Crippen LogP contribution in [0.2, 0.25) is 0 Å². The molecule has 2 rings (SSSR count). The maximum absolute atomic E-state index is 12.8. The summed E-state index contributed by atoms with van der Waals surface area (Å²) < 4.78 is 12.8. The molecule has 0 saturated heterocycles. The minimum absolute atomic E-state index is 0.167. The van der Waals surface area contributed by atoms with Gasteiger partial charge in [-0.1, -0.05) is 25.0 Å². The Balaban J connectivity index is 1.86. The molecule has 1 aromatic rings. The molecule has 0 aliphatic heterocycles. The highest BCUT2D eigenvalue weighted by Gasteiger charge is 2.22. The van der Waals surface area contributed by atoms with E-state index in [0.717, 1.165) is 12.1 Å². The van der Waals surface area contributed by atoms with Crippen molar-refractivity contribution in [3.8, 4) is 0 Å². The topological polar surface area (TPSA) is 24.1 Å². The fourth-order valence-corrected chi connectivity index (χ4v) is 2.57. The van der Waals surface area contributed by atoms with Crippen LogP contribution in [0.25, 0.3) is 0 Å². The second-order valence-corrected chi connectivity index (χ2v) is 4.79. The van der Waals surface area contributed by atoms with E-state index in [1.807, 2.05) is 19.2 Å². The number of nitrogens with one attached hydrogen (secondary N) is 2. The standard InChI is InChI=1S/C14H21FN2/c1-16-13-4-2-3-5-14(13)17-10-11-6-8-12(15)9-7-11/h6-9,13-14,16-17H,2-5,10H2,1H3. The molecule has 2 unspecified atom stereocenters. The monoisotopic (exact) mass is 236 g/mol. The lowest BCUT2D eigenvalue weighted by Crippen LogP contribution is -2.48. The van der Waals surface area contributed by atoms with Gasteiger partial charge in [-0.3, -0.25) is 0 Å². The largest absolute Gasteiger partial charge is 0.315 e. The van der Waals surface area contributed by atoms with E-state index in [9.17, 15) is 4.39 Å². The van der Waals surface area contributed by atoms with Crippen molar-refractivity contribution < 1.29 is 4.39 Å². The van der Waals surface area contributed by atoms with E-state index in [-0.39, 0.29) is 5.82 Å². The summed E-state index contributed by atoms with van der Waals surface area (Å²) in [5, 5.41) is 6.95. The van der Waals surface area contributed by atoms with Gasteiger partial charge in [-0.15, -0.1) is 0 Å². The number of hydrogen-bond donors (Lipinski definition) is 2. The summed E-state index contributed by atoms with van der Waals surface area (Å²) in [5.41, 5.74) is 1.15. The molecule has 3 heteroatoms. The predicted molar refractivity (Wildman–Crippen MR) is 68.3 cm³/mol. The van der Waals surface area contributed by atoms with Crippen molar-refractivity contribution >= 4 is 0 Å². The molecule has 94 valence electrons. The Morgan fingerprint density at radius 2 is 1.76 bits per heavy atom. The van der Waals surface area contributed by atoms with Crippen LogP contribution in [0.15, 0.2) is 24.3 Å². The third-order valence-corrected chi connectivity index (χ3v) is 3.62. The van der Waals surface area contributed by atoms with E-state index in [0.29, 0.717) is 12.1 Å². The van der Waals surface area contributed by atoms with Crippen molar-refractivity contribution in [2.75, 3.05) is 7.05 Å². The summed E-state index contributed by atoms with van der Waals surface area (Å²) in [6.45, 7) is 0.823. The molecule has 2 atom stereocenters. The third-order valence-electron chi connectivity index (χ3n) is 3.62. The van der Waals surface area contributed by atoms with Gasteiger partial charge in [0, 0.05) is 18.6 Å². The van der Waals surface area contributed by atoms with Crippen molar-refractivity contribution in [3.05, 3.63) is 35.6 Å². The van der Waals surface area contributed by atoms with E-state index in [1.165, 1.54) is 37.8 Å². The smallest absolute Gasteiger partial charge is 0.123 e. The molecule has 1 fully saturated rings. The van der Waals surface area contributed by atoms with Gasteiger partial charge < -0.3 is 10.6 Å². The second-order valence-electron chi connectivity index (χ2n) is 4.79. The van der Waals surface area contributed by atoms with Crippen LogP contribution in [0.1, 0.15) is 31.2 Å². The summed E-state index contributed by atoms with van der Waals surface area (Å²) in [4.78, 5) is 0. The highest BCUT2D eigenvalue weighted by Crippen LogP contribution is 2.18. The maximum atomic E-state index is 12.8. The lowest BCUT2D eigenvalue weighted by Gasteiger charge is -2.32. The van der Waals surface area contributed by atoms with Crippen LogP contribution >= 0.6 is 0 Å². The summed E-state index contributed by atoms with van der Waals surface area (Å²) in [5.74, 6) is -0.167. The van der Waals surface area contributed by atoms with Crippen LogP contribution < -0.4 is 10.6 Å². The fraction of sp³-hybridized carbons (Fsp3) is 0.571. The molecule has 0 amide bonds. The zero-order valence-corrected chi connectivity index (χ0v) is 10.4. The van der Waals surface area contributed by atoms with Crippen molar-refractivity contribution in [3.63, 3.8) is 0 Å². The van der Waals surface area contributed by atoms with Gasteiger partial charge in [0.25, 0.3) is 0 Å². The highest BCUT2D eigenvalue weighted by molar-refractivity contribution is 5.15. The Morgan fingerprint density at radius 1 is 1.12 bits per heavy atom. The van der Waals surface area contributed by atoms with Gasteiger partial charge in [0.15, 0.2) is 0 Å². The first-order valence-corrected chi connectivity index (χ1v) is 6.44. The first kappa shape index (κ1) is 12.5. The van der Waals surface area contributed by atoms with Crippen molar-refractivity contribution in [1.29, 1.82) is 0 Å². The fourth-order valence-electron chi connectivity index (χ4n) is 2.57. The number of likely N-dealkylation sites (N-methyl/N-ethyl adjacent to an activating group) is 1. The Morgan fingerprint density at radius 3 is 2.41 bits per heavy atom. The average molecular weight is 236 g/mol. The minimum atomic E-state index is -0.167. The Hall–Kier alpha value is -0.930. The van der Waals surface area contributed by atoms with Crippen LogP contribution in [0.4, 0.5) is 4.39 Å². The summed E-state index contributed by atoms with van der Waals surface area (Å²) in [6.07, 6.45) is 5.10. The molecule has 0 spiro atoms. The molecule has 0 heterocycles. The van der Waals surface area contributed by atoms with Crippen molar-refractivity contribution in [1.82, 2.24) is 10.6 Å². The lowest BCUT2D eigenvalue weighted by molar-refractivity contribution is 0.294. The van der Waals surface area contributed by atoms with E-state index in [2.05, 4.69) is 10.6 Å². The predicted octanol–water partition coefficient (Wildman–Crippen LogP) is 2.45. The molecular formula is C14H21FN2. The maximum Gasteiger partial charge on any atom is 0.123 e. The second kappa shape index (κ2) is 6.12. The van der Waals surface area contributed by atoms with Gasteiger partial charge >= 0.3 is 0 Å². The highest BCUT2D eigenvalue weighted by atomic mass is 19.1. The quantitative estimate of drug-likeness (QED) is 0.839. The summed E-state index contributed by atoms with van der Waals surface area (Å²) >= 11 is 0. The molecule has 0 radical (unpaired) electrons. The molecule has 0 bridgehead atoms. The Bertz CT molecular complexity index is 337. The third kappa shape index (κ3) is 3.51. The van der Waals surface area contributed by atoms with Crippen LogP contribution in [0.5, 0.6) is 0 Å². The molecule has 17 heavy (non-hydrogen) atoms. The number of hydrogen-bond acceptors (Lipinski definition) is 2. The first-order chi connectivity index (χ1) is 8.29. The van der Waals surface area contributed by atoms with Gasteiger partial charge in [-0.25, -0.2) is 4.39 Å². The zero-order valence-electron chi connectivity index (χ0n) is 10.4. The van der Waals surface area contributed by atoms with Crippen LogP contribution in [0, 0.1) is 5.82 Å². The van der Waals surface area contributed by atoms with E-state index in [4.69, 9.17) is 0 Å². The van der Waals surface area contributed by atoms with Crippen molar-refractivity contribution in [2.45, 2.75) is 44.3 Å². The van der Waals surface area contributed by atoms with E-state index in [1.54, 1.807) is 0 Å². The first-order valence-electron chi connectivity index (χ1n) is 6.44. The van der Waals surface area contributed by atoms with E-state index >= 15 is 0 Å². The minimum Gasteiger partial charge on any atom is -0.315 e. The molecule has 1 aliphatic carbocycles. The van der Waals surface area contributed by atoms with Crippen LogP contribution in [-0.4, -0.2) is 19.1 Å². The summed E-state index contributed by atoms with van der Waals surface area (Å²) in [7, 11) is 2.03. The van der Waals surface area contributed by atoms with Gasteiger partial charge in [0.2, 0.25) is 0 Å². The molecular weight excluding hydrogens is 215 g/mol. The SMILES string of the molecule is CNC1CCCCC1NCc1ccc(F)cc1. The average Bonchev–Trinajstić information content (AvgIpc) is 2.38. The molecule has 0 aromatic heterocycles. The van der Waals surface area contributed by atoms with Gasteiger partial charge in [0.05, 0.1) is 0 Å². The van der Waals surface area contributed by atoms with Crippen LogP contribution in [-0.2, 0) is 6.54 Å². The molecule has 1 aliphatic rings. The number of halogens is 1. The lowest BCUT2D eigenvalue weighted by atomic mass is 9.90. The zero-order chi connectivity index (χ0) is 12.1. The van der Waals surface area contributed by atoms with Gasteiger partial charge in [0.1, 0.15) is 5.82 Å². The van der Waals surface area contributed by atoms with Crippen LogP contribution in [0.3, 0.4) is 0 Å². The number of benzene rings is 1. The summed E-state index contributed by atoms with van der Waals surface area (Å²) in [6, 6.07) is 7.85. The molecule has 2 N–H and O–H groups in total. The molecule has 1 aromatic carbocycles. The van der Waals surface area contributed by atoms with Gasteiger partial charge in [-0.05, 0) is 37.6 Å². The van der Waals surface area contributed by atoms with E-state index < -0.39 is 0 Å². The Labute approximate surface area is 103 Å². The van der Waals surface area contributed by atoms with Crippen molar-refractivity contribution in [2.24, 2.45) is 0 Å². The Kier molecular flexibility index (Phi) is 4.51. The molecule has 1 saturated carbocycles. The van der Waals surface area contributed by atoms with Gasteiger partial charge in [-0.2, -0.15) is 0 Å². The normalized spacial score (nSPS) is 24.8.